The van der Waals surface area contributed by atoms with Crippen LogP contribution in [0.1, 0.15) is 37.7 Å². The number of piperidine rings is 2. The molecule has 2 aliphatic heterocycles. The molecule has 2 aromatic carbocycles. The molecule has 2 aromatic rings. The summed E-state index contributed by atoms with van der Waals surface area (Å²) in [6.45, 7) is 1.59. The number of hydrogen-bond donors (Lipinski definition) is 1. The van der Waals surface area contributed by atoms with Crippen LogP contribution in [0.15, 0.2) is 53.4 Å². The SMILES string of the molecule is O=C(Nc1ccc(S(=O)(=O)N2CCCCC2)cc1)C1CCN(S(=O)(=O)Cc2ccccc2Cl)CC1. The monoisotopic (exact) mass is 539 g/mol. The van der Waals surface area contributed by atoms with Gasteiger partial charge in [0.1, 0.15) is 0 Å². The van der Waals surface area contributed by atoms with Crippen LogP contribution in [0.2, 0.25) is 5.02 Å². The Kier molecular flexibility index (Phi) is 8.17. The molecule has 0 spiro atoms. The minimum Gasteiger partial charge on any atom is -0.326 e. The van der Waals surface area contributed by atoms with Gasteiger partial charge in [0.25, 0.3) is 0 Å². The van der Waals surface area contributed by atoms with Gasteiger partial charge in [0, 0.05) is 42.8 Å². The Hall–Kier alpha value is -1.98. The number of anilines is 1. The highest BCUT2D eigenvalue weighted by atomic mass is 35.5. The minimum atomic E-state index is -3.54. The van der Waals surface area contributed by atoms with Crippen molar-refractivity contribution in [3.63, 3.8) is 0 Å². The third kappa shape index (κ3) is 6.24. The molecule has 2 aliphatic rings. The minimum absolute atomic E-state index is 0.170. The van der Waals surface area contributed by atoms with E-state index in [1.165, 1.54) is 20.7 Å². The van der Waals surface area contributed by atoms with Gasteiger partial charge in [-0.2, -0.15) is 4.31 Å². The second-order valence-electron chi connectivity index (χ2n) is 9.00. The Morgan fingerprint density at radius 3 is 2.11 bits per heavy atom. The summed E-state index contributed by atoms with van der Waals surface area (Å²) in [6.07, 6.45) is 3.61. The molecule has 2 saturated heterocycles. The number of halogens is 1. The molecule has 1 N–H and O–H groups in total. The second kappa shape index (κ2) is 11.0. The van der Waals surface area contributed by atoms with Crippen molar-refractivity contribution in [2.24, 2.45) is 5.92 Å². The van der Waals surface area contributed by atoms with Crippen molar-refractivity contribution in [2.45, 2.75) is 42.8 Å². The molecule has 11 heteroatoms. The molecule has 0 radical (unpaired) electrons. The smallest absolute Gasteiger partial charge is 0.243 e. The first-order valence-corrected chi connectivity index (χ1v) is 15.2. The van der Waals surface area contributed by atoms with Crippen LogP contribution in [0.25, 0.3) is 0 Å². The first kappa shape index (κ1) is 26.1. The Morgan fingerprint density at radius 2 is 1.49 bits per heavy atom. The highest BCUT2D eigenvalue weighted by molar-refractivity contribution is 7.89. The Labute approximate surface area is 212 Å². The average molecular weight is 540 g/mol. The highest BCUT2D eigenvalue weighted by Crippen LogP contribution is 2.26. The van der Waals surface area contributed by atoms with E-state index in [0.29, 0.717) is 42.2 Å². The Balaban J connectivity index is 1.31. The largest absolute Gasteiger partial charge is 0.326 e. The van der Waals surface area contributed by atoms with Crippen molar-refractivity contribution >= 4 is 43.2 Å². The summed E-state index contributed by atoms with van der Waals surface area (Å²) in [6, 6.07) is 13.1. The first-order valence-electron chi connectivity index (χ1n) is 11.8. The van der Waals surface area contributed by atoms with E-state index in [1.807, 2.05) is 0 Å². The van der Waals surface area contributed by atoms with Crippen molar-refractivity contribution in [1.29, 1.82) is 0 Å². The van der Waals surface area contributed by atoms with Crippen LogP contribution in [-0.2, 0) is 30.6 Å². The van der Waals surface area contributed by atoms with E-state index in [0.717, 1.165) is 19.3 Å². The normalized spacial score (nSPS) is 18.9. The topological polar surface area (TPSA) is 104 Å². The molecule has 0 atom stereocenters. The van der Waals surface area contributed by atoms with Crippen LogP contribution >= 0.6 is 11.6 Å². The summed E-state index contributed by atoms with van der Waals surface area (Å²) in [5, 5.41) is 3.25. The lowest BCUT2D eigenvalue weighted by atomic mass is 9.97. The zero-order valence-electron chi connectivity index (χ0n) is 19.4. The van der Waals surface area contributed by atoms with E-state index >= 15 is 0 Å². The number of sulfonamides is 2. The summed E-state index contributed by atoms with van der Waals surface area (Å²) in [5.74, 6) is -0.686. The number of amides is 1. The van der Waals surface area contributed by atoms with Crippen molar-refractivity contribution < 1.29 is 21.6 Å². The molecule has 190 valence electrons. The fraction of sp³-hybridized carbons (Fsp3) is 0.458. The van der Waals surface area contributed by atoms with Crippen molar-refractivity contribution in [3.05, 3.63) is 59.1 Å². The van der Waals surface area contributed by atoms with Gasteiger partial charge in [-0.15, -0.1) is 0 Å². The van der Waals surface area contributed by atoms with Crippen molar-refractivity contribution in [2.75, 3.05) is 31.5 Å². The maximum atomic E-state index is 12.8. The quantitative estimate of drug-likeness (QED) is 0.578. The zero-order valence-corrected chi connectivity index (χ0v) is 21.8. The number of nitrogens with one attached hydrogen (secondary N) is 1. The predicted octanol–water partition coefficient (Wildman–Crippen LogP) is 3.70. The molecular formula is C24H30ClN3O5S2. The number of rotatable bonds is 7. The van der Waals surface area contributed by atoms with Gasteiger partial charge in [-0.25, -0.2) is 21.1 Å². The van der Waals surface area contributed by atoms with Gasteiger partial charge < -0.3 is 5.32 Å². The third-order valence-electron chi connectivity index (χ3n) is 6.59. The molecule has 2 fully saturated rings. The molecular weight excluding hydrogens is 510 g/mol. The predicted molar refractivity (Wildman–Crippen MR) is 136 cm³/mol. The molecule has 1 amide bonds. The summed E-state index contributed by atoms with van der Waals surface area (Å²) in [7, 11) is -7.06. The van der Waals surface area contributed by atoms with E-state index in [4.69, 9.17) is 11.6 Å². The maximum Gasteiger partial charge on any atom is 0.243 e. The average Bonchev–Trinajstić information content (AvgIpc) is 2.86. The number of hydrogen-bond acceptors (Lipinski definition) is 5. The zero-order chi connectivity index (χ0) is 25.1. The van der Waals surface area contributed by atoms with Crippen molar-refractivity contribution in [3.8, 4) is 0 Å². The fourth-order valence-corrected chi connectivity index (χ4v) is 7.90. The van der Waals surface area contributed by atoms with Gasteiger partial charge >= 0.3 is 0 Å². The molecule has 0 unspecified atom stereocenters. The summed E-state index contributed by atoms with van der Waals surface area (Å²) in [4.78, 5) is 13.0. The van der Waals surface area contributed by atoms with Gasteiger partial charge in [-0.1, -0.05) is 36.2 Å². The number of benzene rings is 2. The van der Waals surface area contributed by atoms with E-state index < -0.39 is 20.0 Å². The summed E-state index contributed by atoms with van der Waals surface area (Å²) in [5.41, 5.74) is 1.07. The van der Waals surface area contributed by atoms with Crippen LogP contribution in [0.4, 0.5) is 5.69 Å². The van der Waals surface area contributed by atoms with Crippen LogP contribution in [0.3, 0.4) is 0 Å². The fourth-order valence-electron chi connectivity index (χ4n) is 4.51. The van der Waals surface area contributed by atoms with E-state index in [1.54, 1.807) is 36.4 Å². The van der Waals surface area contributed by atoms with Gasteiger partial charge in [-0.3, -0.25) is 4.79 Å². The number of carbonyl (C=O) groups is 1. The Bertz CT molecular complexity index is 1250. The molecule has 4 rings (SSSR count). The maximum absolute atomic E-state index is 12.8. The van der Waals surface area contributed by atoms with Gasteiger partial charge in [0.2, 0.25) is 26.0 Å². The standard InChI is InChI=1S/C24H30ClN3O5S2/c25-23-7-3-2-6-20(23)18-34(30,31)27-16-12-19(13-17-27)24(29)26-21-8-10-22(11-9-21)35(32,33)28-14-4-1-5-15-28/h2-3,6-11,19H,1,4-5,12-18H2,(H,26,29). The number of nitrogens with zero attached hydrogens (tertiary/aromatic N) is 2. The van der Waals surface area contributed by atoms with E-state index in [-0.39, 0.29) is 35.6 Å². The highest BCUT2D eigenvalue weighted by Gasteiger charge is 2.32. The van der Waals surface area contributed by atoms with Gasteiger partial charge in [-0.05, 0) is 61.6 Å². The lowest BCUT2D eigenvalue weighted by Gasteiger charge is -2.30. The summed E-state index contributed by atoms with van der Waals surface area (Å²) < 4.78 is 54.1. The molecule has 35 heavy (non-hydrogen) atoms. The van der Waals surface area contributed by atoms with Crippen LogP contribution in [0.5, 0.6) is 0 Å². The second-order valence-corrected chi connectivity index (χ2v) is 13.3. The lowest BCUT2D eigenvalue weighted by Crippen LogP contribution is -2.41. The third-order valence-corrected chi connectivity index (χ3v) is 10.7. The van der Waals surface area contributed by atoms with Crippen LogP contribution in [0, 0.1) is 5.92 Å². The first-order chi connectivity index (χ1) is 16.7. The molecule has 0 aliphatic carbocycles. The van der Waals surface area contributed by atoms with Gasteiger partial charge in [0.15, 0.2) is 0 Å². The summed E-state index contributed by atoms with van der Waals surface area (Å²) >= 11 is 6.11. The van der Waals surface area contributed by atoms with Crippen LogP contribution in [-0.4, -0.2) is 57.5 Å². The van der Waals surface area contributed by atoms with Gasteiger partial charge in [0.05, 0.1) is 10.6 Å². The molecule has 0 aromatic heterocycles. The van der Waals surface area contributed by atoms with E-state index in [9.17, 15) is 21.6 Å². The molecule has 2 heterocycles. The lowest BCUT2D eigenvalue weighted by molar-refractivity contribution is -0.120. The van der Waals surface area contributed by atoms with E-state index in [2.05, 4.69) is 5.32 Å². The molecule has 8 nitrogen and oxygen atoms in total. The van der Waals surface area contributed by atoms with Crippen molar-refractivity contribution in [1.82, 2.24) is 8.61 Å². The van der Waals surface area contributed by atoms with Crippen LogP contribution < -0.4 is 5.32 Å². The molecule has 0 bridgehead atoms. The molecule has 0 saturated carbocycles. The number of carbonyl (C=O) groups excluding carboxylic acids is 1. The Morgan fingerprint density at radius 1 is 0.857 bits per heavy atom.